The number of ether oxygens (including phenoxy) is 2. The van der Waals surface area contributed by atoms with Crippen LogP contribution in [-0.2, 0) is 6.61 Å². The lowest BCUT2D eigenvalue weighted by atomic mass is 9.92. The summed E-state index contributed by atoms with van der Waals surface area (Å²) in [6.07, 6.45) is 0.639. The van der Waals surface area contributed by atoms with E-state index in [-0.39, 0.29) is 5.60 Å². The fraction of sp³-hybridized carbons (Fsp3) is 0.286. The van der Waals surface area contributed by atoms with Gasteiger partial charge in [0.05, 0.1) is 5.71 Å². The number of hydrazone groups is 1. The Morgan fingerprint density at radius 3 is 2.59 bits per heavy atom. The molecule has 0 atom stereocenters. The Balaban J connectivity index is 1.53. The van der Waals surface area contributed by atoms with Crippen molar-refractivity contribution in [3.8, 4) is 11.5 Å². The quantitative estimate of drug-likeness (QED) is 0.330. The summed E-state index contributed by atoms with van der Waals surface area (Å²) >= 11 is 5.51. The second kappa shape index (κ2) is 9.85. The summed E-state index contributed by atoms with van der Waals surface area (Å²) in [6.45, 7) is 10.9. The van der Waals surface area contributed by atoms with Crippen LogP contribution >= 0.6 is 12.2 Å². The predicted molar refractivity (Wildman–Crippen MR) is 143 cm³/mol. The van der Waals surface area contributed by atoms with E-state index in [0.717, 1.165) is 39.6 Å². The smallest absolute Gasteiger partial charge is 0.191 e. The molecule has 0 spiro atoms. The van der Waals surface area contributed by atoms with Gasteiger partial charge in [-0.15, -0.1) is 0 Å². The van der Waals surface area contributed by atoms with E-state index in [4.69, 9.17) is 21.7 Å². The Morgan fingerprint density at radius 1 is 1.03 bits per heavy atom. The van der Waals surface area contributed by atoms with E-state index >= 15 is 0 Å². The van der Waals surface area contributed by atoms with Gasteiger partial charge in [-0.25, -0.2) is 0 Å². The highest BCUT2D eigenvalue weighted by Gasteiger charge is 2.31. The minimum absolute atomic E-state index is 0.376. The maximum atomic E-state index is 6.21. The third-order valence-electron chi connectivity index (χ3n) is 6.04. The fourth-order valence-corrected chi connectivity index (χ4v) is 4.09. The number of hydrogen-bond donors (Lipinski definition) is 2. The maximum Gasteiger partial charge on any atom is 0.191 e. The molecule has 0 saturated carbocycles. The highest BCUT2D eigenvalue weighted by Crippen LogP contribution is 2.35. The van der Waals surface area contributed by atoms with Gasteiger partial charge in [-0.2, -0.15) is 5.10 Å². The van der Waals surface area contributed by atoms with Crippen molar-refractivity contribution >= 4 is 28.7 Å². The Kier molecular flexibility index (Phi) is 6.89. The number of hydrogen-bond acceptors (Lipinski definition) is 4. The van der Waals surface area contributed by atoms with Gasteiger partial charge in [0.15, 0.2) is 5.11 Å². The number of benzene rings is 3. The number of rotatable bonds is 5. The third-order valence-corrected chi connectivity index (χ3v) is 6.24. The van der Waals surface area contributed by atoms with Gasteiger partial charge in [0.1, 0.15) is 23.7 Å². The molecule has 1 aliphatic heterocycles. The lowest BCUT2D eigenvalue weighted by molar-refractivity contribution is 0.111. The SMILES string of the molecule is Cc1ccccc1COc1ccc2c(c1)/C(=N/NC(=S)Nc1cccc(C)c1C)CC(C)(C)O2. The molecule has 0 amide bonds. The van der Waals surface area contributed by atoms with Crippen molar-refractivity contribution in [2.45, 2.75) is 53.2 Å². The normalized spacial score (nSPS) is 15.3. The van der Waals surface area contributed by atoms with Crippen LogP contribution in [0.25, 0.3) is 0 Å². The standard InChI is InChI=1S/C28H31N3O2S/c1-18-10-8-12-24(20(18)3)29-27(34)31-30-25-16-28(4,5)33-26-14-13-22(15-23(25)26)32-17-21-11-7-6-9-19(21)2/h6-15H,16-17H2,1-5H3,(H2,29,31,34)/b30-25+. The zero-order chi connectivity index (χ0) is 24.3. The van der Waals surface area contributed by atoms with Crippen molar-refractivity contribution in [3.05, 3.63) is 88.5 Å². The monoisotopic (exact) mass is 473 g/mol. The molecule has 1 aliphatic rings. The van der Waals surface area contributed by atoms with Crippen molar-refractivity contribution in [1.82, 2.24) is 5.43 Å². The van der Waals surface area contributed by atoms with E-state index in [1.54, 1.807) is 0 Å². The number of nitrogens with zero attached hydrogens (tertiary/aromatic N) is 1. The van der Waals surface area contributed by atoms with Crippen molar-refractivity contribution in [2.24, 2.45) is 5.10 Å². The number of thiocarbonyl (C=S) groups is 1. The van der Waals surface area contributed by atoms with Crippen molar-refractivity contribution in [2.75, 3.05) is 5.32 Å². The Bertz CT molecular complexity index is 1250. The molecule has 0 saturated heterocycles. The lowest BCUT2D eigenvalue weighted by Gasteiger charge is -2.33. The average Bonchev–Trinajstić information content (AvgIpc) is 2.79. The van der Waals surface area contributed by atoms with Crippen LogP contribution in [0.1, 0.15) is 48.1 Å². The largest absolute Gasteiger partial charge is 0.489 e. The molecule has 4 rings (SSSR count). The van der Waals surface area contributed by atoms with Crippen LogP contribution < -0.4 is 20.2 Å². The van der Waals surface area contributed by atoms with E-state index in [1.807, 2.05) is 42.5 Å². The number of nitrogens with one attached hydrogen (secondary N) is 2. The molecular weight excluding hydrogens is 442 g/mol. The van der Waals surface area contributed by atoms with Crippen LogP contribution in [-0.4, -0.2) is 16.4 Å². The molecule has 0 fully saturated rings. The van der Waals surface area contributed by atoms with E-state index in [2.05, 4.69) is 68.7 Å². The van der Waals surface area contributed by atoms with Gasteiger partial charge in [-0.3, -0.25) is 5.43 Å². The van der Waals surface area contributed by atoms with Gasteiger partial charge in [0, 0.05) is 17.7 Å². The predicted octanol–water partition coefficient (Wildman–Crippen LogP) is 6.44. The first-order chi connectivity index (χ1) is 16.2. The number of fused-ring (bicyclic) bond motifs is 1. The summed E-state index contributed by atoms with van der Waals surface area (Å²) in [5.41, 5.74) is 10.1. The first kappa shape index (κ1) is 23.8. The Hall–Kier alpha value is -3.38. The molecule has 34 heavy (non-hydrogen) atoms. The van der Waals surface area contributed by atoms with E-state index in [9.17, 15) is 0 Å². The molecule has 176 valence electrons. The van der Waals surface area contributed by atoms with Crippen LogP contribution in [0.5, 0.6) is 11.5 Å². The maximum absolute atomic E-state index is 6.21. The van der Waals surface area contributed by atoms with Crippen LogP contribution in [0.15, 0.2) is 65.8 Å². The van der Waals surface area contributed by atoms with E-state index < -0.39 is 0 Å². The lowest BCUT2D eigenvalue weighted by Crippen LogP contribution is -2.37. The Labute approximate surface area is 207 Å². The highest BCUT2D eigenvalue weighted by molar-refractivity contribution is 7.80. The molecular formula is C28H31N3O2S. The van der Waals surface area contributed by atoms with E-state index in [1.165, 1.54) is 11.1 Å². The topological polar surface area (TPSA) is 54.9 Å². The molecule has 2 N–H and O–H groups in total. The zero-order valence-electron chi connectivity index (χ0n) is 20.4. The van der Waals surface area contributed by atoms with Gasteiger partial charge >= 0.3 is 0 Å². The van der Waals surface area contributed by atoms with Crippen LogP contribution in [0, 0.1) is 20.8 Å². The third kappa shape index (κ3) is 5.57. The van der Waals surface area contributed by atoms with E-state index in [0.29, 0.717) is 18.1 Å². The average molecular weight is 474 g/mol. The molecule has 3 aromatic rings. The minimum Gasteiger partial charge on any atom is -0.489 e. The molecule has 1 heterocycles. The van der Waals surface area contributed by atoms with Crippen LogP contribution in [0.4, 0.5) is 5.69 Å². The number of anilines is 1. The molecule has 5 nitrogen and oxygen atoms in total. The fourth-order valence-electron chi connectivity index (χ4n) is 3.93. The molecule has 0 bridgehead atoms. The van der Waals surface area contributed by atoms with Gasteiger partial charge in [0.25, 0.3) is 0 Å². The highest BCUT2D eigenvalue weighted by atomic mass is 32.1. The Morgan fingerprint density at radius 2 is 1.79 bits per heavy atom. The number of aryl methyl sites for hydroxylation is 2. The van der Waals surface area contributed by atoms with Crippen LogP contribution in [0.3, 0.4) is 0 Å². The molecule has 0 aromatic heterocycles. The second-order valence-corrected chi connectivity index (χ2v) is 9.69. The van der Waals surface area contributed by atoms with Gasteiger partial charge in [-0.1, -0.05) is 36.4 Å². The summed E-state index contributed by atoms with van der Waals surface area (Å²) in [5, 5.41) is 8.36. The second-order valence-electron chi connectivity index (χ2n) is 9.28. The minimum atomic E-state index is -0.376. The summed E-state index contributed by atoms with van der Waals surface area (Å²) in [6, 6.07) is 20.2. The molecule has 0 aliphatic carbocycles. The first-order valence-corrected chi connectivity index (χ1v) is 11.8. The molecule has 3 aromatic carbocycles. The van der Waals surface area contributed by atoms with Gasteiger partial charge < -0.3 is 14.8 Å². The molecule has 0 radical (unpaired) electrons. The molecule has 6 heteroatoms. The zero-order valence-corrected chi connectivity index (χ0v) is 21.2. The van der Waals surface area contributed by atoms with Crippen molar-refractivity contribution in [1.29, 1.82) is 0 Å². The van der Waals surface area contributed by atoms with Crippen molar-refractivity contribution in [3.63, 3.8) is 0 Å². The van der Waals surface area contributed by atoms with Crippen LogP contribution in [0.2, 0.25) is 0 Å². The molecule has 0 unspecified atom stereocenters. The summed E-state index contributed by atoms with van der Waals surface area (Å²) in [4.78, 5) is 0. The summed E-state index contributed by atoms with van der Waals surface area (Å²) in [5.74, 6) is 1.56. The van der Waals surface area contributed by atoms with Gasteiger partial charge in [0.2, 0.25) is 0 Å². The van der Waals surface area contributed by atoms with Gasteiger partial charge in [-0.05, 0) is 93.4 Å². The summed E-state index contributed by atoms with van der Waals surface area (Å²) < 4.78 is 12.3. The summed E-state index contributed by atoms with van der Waals surface area (Å²) in [7, 11) is 0. The van der Waals surface area contributed by atoms with Crippen molar-refractivity contribution < 1.29 is 9.47 Å². The first-order valence-electron chi connectivity index (χ1n) is 11.4.